The van der Waals surface area contributed by atoms with Crippen molar-refractivity contribution in [1.29, 1.82) is 0 Å². The van der Waals surface area contributed by atoms with Crippen molar-refractivity contribution in [3.8, 4) is 22.9 Å². The van der Waals surface area contributed by atoms with E-state index in [4.69, 9.17) is 14.0 Å². The first-order chi connectivity index (χ1) is 14.1. The van der Waals surface area contributed by atoms with E-state index in [0.29, 0.717) is 35.3 Å². The Labute approximate surface area is 169 Å². The van der Waals surface area contributed by atoms with Crippen LogP contribution in [0.15, 0.2) is 47.0 Å². The van der Waals surface area contributed by atoms with E-state index >= 15 is 0 Å². The molecule has 4 rings (SSSR count). The molecule has 150 valence electrons. The summed E-state index contributed by atoms with van der Waals surface area (Å²) in [6.45, 7) is 2.64. The zero-order chi connectivity index (χ0) is 20.4. The summed E-state index contributed by atoms with van der Waals surface area (Å²) >= 11 is 0. The Kier molecular flexibility index (Phi) is 5.20. The van der Waals surface area contributed by atoms with Crippen molar-refractivity contribution in [3.63, 3.8) is 0 Å². The molecule has 1 aromatic heterocycles. The number of hydrogen-bond donors (Lipinski definition) is 0. The van der Waals surface area contributed by atoms with E-state index in [1.165, 1.54) is 0 Å². The molecule has 0 radical (unpaired) electrons. The van der Waals surface area contributed by atoms with Crippen LogP contribution >= 0.6 is 0 Å². The number of ether oxygens (including phenoxy) is 2. The van der Waals surface area contributed by atoms with Crippen molar-refractivity contribution in [1.82, 2.24) is 15.0 Å². The maximum atomic E-state index is 13.2. The number of methoxy groups -OCH3 is 2. The summed E-state index contributed by atoms with van der Waals surface area (Å²) in [6.07, 6.45) is 1.65. The largest absolute Gasteiger partial charge is 0.497 e. The number of benzene rings is 2. The lowest BCUT2D eigenvalue weighted by Gasteiger charge is -2.23. The third-order valence-electron chi connectivity index (χ3n) is 5.16. The van der Waals surface area contributed by atoms with Crippen molar-refractivity contribution >= 4 is 5.91 Å². The second kappa shape index (κ2) is 7.95. The van der Waals surface area contributed by atoms with E-state index in [2.05, 4.69) is 10.1 Å². The average Bonchev–Trinajstić information content (AvgIpc) is 3.42. The first-order valence-corrected chi connectivity index (χ1v) is 9.54. The predicted octanol–water partition coefficient (Wildman–Crippen LogP) is 4.04. The second-order valence-corrected chi connectivity index (χ2v) is 7.05. The fourth-order valence-corrected chi connectivity index (χ4v) is 3.67. The van der Waals surface area contributed by atoms with Crippen LogP contribution in [0.5, 0.6) is 11.5 Å². The molecule has 1 aliphatic rings. The molecule has 0 unspecified atom stereocenters. The van der Waals surface area contributed by atoms with E-state index in [0.717, 1.165) is 24.0 Å². The minimum atomic E-state index is -0.250. The molecule has 7 nitrogen and oxygen atoms in total. The minimum Gasteiger partial charge on any atom is -0.497 e. The Morgan fingerprint density at radius 3 is 2.79 bits per heavy atom. The van der Waals surface area contributed by atoms with Gasteiger partial charge in [-0.05, 0) is 38.0 Å². The van der Waals surface area contributed by atoms with Crippen LogP contribution in [-0.2, 0) is 0 Å². The van der Waals surface area contributed by atoms with E-state index in [-0.39, 0.29) is 11.9 Å². The lowest BCUT2D eigenvalue weighted by Crippen LogP contribution is -2.31. The SMILES string of the molecule is COc1ccc(C(=O)N2CCC[C@H]2c2nc(-c3cccc(C)c3)no2)c(OC)c1. The number of carbonyl (C=O) groups excluding carboxylic acids is 1. The van der Waals surface area contributed by atoms with Crippen LogP contribution in [0.4, 0.5) is 0 Å². The number of nitrogens with zero attached hydrogens (tertiary/aromatic N) is 3. The van der Waals surface area contributed by atoms with E-state index < -0.39 is 0 Å². The topological polar surface area (TPSA) is 77.7 Å². The van der Waals surface area contributed by atoms with Gasteiger partial charge in [-0.2, -0.15) is 4.98 Å². The number of hydrogen-bond acceptors (Lipinski definition) is 6. The zero-order valence-electron chi connectivity index (χ0n) is 16.7. The molecule has 0 spiro atoms. The van der Waals surface area contributed by atoms with Gasteiger partial charge in [0.2, 0.25) is 11.7 Å². The van der Waals surface area contributed by atoms with Crippen LogP contribution in [0.2, 0.25) is 0 Å². The Morgan fingerprint density at radius 2 is 2.03 bits per heavy atom. The normalized spacial score (nSPS) is 16.1. The van der Waals surface area contributed by atoms with Crippen LogP contribution in [0.3, 0.4) is 0 Å². The lowest BCUT2D eigenvalue weighted by atomic mass is 10.1. The molecule has 0 aliphatic carbocycles. The number of amides is 1. The highest BCUT2D eigenvalue weighted by Gasteiger charge is 2.35. The number of carbonyl (C=O) groups is 1. The Hall–Kier alpha value is -3.35. The maximum absolute atomic E-state index is 13.2. The van der Waals surface area contributed by atoms with Crippen LogP contribution in [0.25, 0.3) is 11.4 Å². The summed E-state index contributed by atoms with van der Waals surface area (Å²) < 4.78 is 16.2. The first kappa shape index (κ1) is 19.0. The maximum Gasteiger partial charge on any atom is 0.258 e. The fourth-order valence-electron chi connectivity index (χ4n) is 3.67. The monoisotopic (exact) mass is 393 g/mol. The molecule has 0 saturated carbocycles. The zero-order valence-corrected chi connectivity index (χ0v) is 16.7. The molecular weight excluding hydrogens is 370 g/mol. The number of likely N-dealkylation sites (tertiary alicyclic amines) is 1. The number of aryl methyl sites for hydroxylation is 1. The van der Waals surface area contributed by atoms with Gasteiger partial charge >= 0.3 is 0 Å². The molecular formula is C22H23N3O4. The molecule has 2 heterocycles. The molecule has 0 N–H and O–H groups in total. The van der Waals surface area contributed by atoms with Crippen molar-refractivity contribution in [3.05, 3.63) is 59.5 Å². The molecule has 1 aliphatic heterocycles. The molecule has 1 saturated heterocycles. The highest BCUT2D eigenvalue weighted by molar-refractivity contribution is 5.97. The minimum absolute atomic E-state index is 0.123. The number of rotatable bonds is 5. The quantitative estimate of drug-likeness (QED) is 0.651. The molecule has 1 amide bonds. The second-order valence-electron chi connectivity index (χ2n) is 7.05. The smallest absolute Gasteiger partial charge is 0.258 e. The third kappa shape index (κ3) is 3.68. The summed E-state index contributed by atoms with van der Waals surface area (Å²) in [5, 5.41) is 4.13. The molecule has 3 aromatic rings. The third-order valence-corrected chi connectivity index (χ3v) is 5.16. The van der Waals surface area contributed by atoms with Crippen LogP contribution < -0.4 is 9.47 Å². The average molecular weight is 393 g/mol. The molecule has 1 atom stereocenters. The summed E-state index contributed by atoms with van der Waals surface area (Å²) in [5.74, 6) is 1.98. The summed E-state index contributed by atoms with van der Waals surface area (Å²) in [6, 6.07) is 12.9. The van der Waals surface area contributed by atoms with Gasteiger partial charge < -0.3 is 18.9 Å². The number of aromatic nitrogens is 2. The molecule has 0 bridgehead atoms. The van der Waals surface area contributed by atoms with Gasteiger partial charge in [0.25, 0.3) is 5.91 Å². The van der Waals surface area contributed by atoms with Gasteiger partial charge in [-0.3, -0.25) is 4.79 Å². The van der Waals surface area contributed by atoms with E-state index in [1.54, 1.807) is 37.3 Å². The summed E-state index contributed by atoms with van der Waals surface area (Å²) in [5.41, 5.74) is 2.50. The molecule has 2 aromatic carbocycles. The summed E-state index contributed by atoms with van der Waals surface area (Å²) in [4.78, 5) is 19.6. The van der Waals surface area contributed by atoms with Crippen molar-refractivity contribution in [2.24, 2.45) is 0 Å². The van der Waals surface area contributed by atoms with Crippen LogP contribution in [-0.4, -0.2) is 41.7 Å². The highest BCUT2D eigenvalue weighted by atomic mass is 16.5. The van der Waals surface area contributed by atoms with Gasteiger partial charge in [0, 0.05) is 18.2 Å². The molecule has 7 heteroatoms. The van der Waals surface area contributed by atoms with Gasteiger partial charge in [0.15, 0.2) is 0 Å². The van der Waals surface area contributed by atoms with Crippen molar-refractivity contribution in [2.75, 3.05) is 20.8 Å². The van der Waals surface area contributed by atoms with Gasteiger partial charge in [0.05, 0.1) is 19.8 Å². The van der Waals surface area contributed by atoms with E-state index in [1.807, 2.05) is 31.2 Å². The van der Waals surface area contributed by atoms with Gasteiger partial charge in [0.1, 0.15) is 17.5 Å². The van der Waals surface area contributed by atoms with Gasteiger partial charge in [-0.15, -0.1) is 0 Å². The lowest BCUT2D eigenvalue weighted by molar-refractivity contribution is 0.0706. The molecule has 1 fully saturated rings. The Morgan fingerprint density at radius 1 is 1.17 bits per heavy atom. The van der Waals surface area contributed by atoms with Gasteiger partial charge in [-0.1, -0.05) is 28.9 Å². The predicted molar refractivity (Wildman–Crippen MR) is 107 cm³/mol. The fraction of sp³-hybridized carbons (Fsp3) is 0.318. The molecule has 29 heavy (non-hydrogen) atoms. The summed E-state index contributed by atoms with van der Waals surface area (Å²) in [7, 11) is 3.12. The highest BCUT2D eigenvalue weighted by Crippen LogP contribution is 2.35. The van der Waals surface area contributed by atoms with Crippen molar-refractivity contribution in [2.45, 2.75) is 25.8 Å². The standard InChI is InChI=1S/C22H23N3O4/c1-14-6-4-7-15(12-14)20-23-21(29-24-20)18-8-5-11-25(18)22(26)17-10-9-16(27-2)13-19(17)28-3/h4,6-7,9-10,12-13,18H,5,8,11H2,1-3H3/t18-/m0/s1. The van der Waals surface area contributed by atoms with Gasteiger partial charge in [-0.25, -0.2) is 0 Å². The van der Waals surface area contributed by atoms with Crippen LogP contribution in [0, 0.1) is 6.92 Å². The Balaban J connectivity index is 1.61. The van der Waals surface area contributed by atoms with E-state index in [9.17, 15) is 4.79 Å². The Bertz CT molecular complexity index is 1030. The van der Waals surface area contributed by atoms with Crippen molar-refractivity contribution < 1.29 is 18.8 Å². The first-order valence-electron chi connectivity index (χ1n) is 9.54. The van der Waals surface area contributed by atoms with Crippen LogP contribution in [0.1, 0.15) is 40.7 Å².